The van der Waals surface area contributed by atoms with Crippen molar-refractivity contribution in [2.24, 2.45) is 5.92 Å². The first-order valence-corrected chi connectivity index (χ1v) is 12.2. The second-order valence-corrected chi connectivity index (χ2v) is 9.93. The maximum absolute atomic E-state index is 12.9. The van der Waals surface area contributed by atoms with E-state index in [1.165, 1.54) is 0 Å². The molecule has 6 nitrogen and oxygen atoms in total. The van der Waals surface area contributed by atoms with Crippen molar-refractivity contribution in [1.82, 2.24) is 20.3 Å². The molecule has 2 N–H and O–H groups in total. The van der Waals surface area contributed by atoms with Gasteiger partial charge in [-0.05, 0) is 62.3 Å². The third-order valence-corrected chi connectivity index (χ3v) is 7.45. The molecule has 0 radical (unpaired) electrons. The van der Waals surface area contributed by atoms with Crippen molar-refractivity contribution >= 4 is 28.9 Å². The molecule has 2 saturated carbocycles. The number of benzene rings is 1. The summed E-state index contributed by atoms with van der Waals surface area (Å²) in [7, 11) is 0. The number of rotatable bonds is 6. The Labute approximate surface area is 199 Å². The van der Waals surface area contributed by atoms with Crippen molar-refractivity contribution in [3.63, 3.8) is 0 Å². The third kappa shape index (κ3) is 5.38. The minimum absolute atomic E-state index is 0.108. The predicted octanol–water partition coefficient (Wildman–Crippen LogP) is 5.91. The lowest BCUT2D eigenvalue weighted by molar-refractivity contribution is -0.141. The van der Waals surface area contributed by atoms with Gasteiger partial charge in [-0.25, -0.2) is 15.0 Å². The average molecular weight is 488 g/mol. The van der Waals surface area contributed by atoms with Crippen LogP contribution in [-0.2, 0) is 11.0 Å². The second kappa shape index (κ2) is 9.32. The Morgan fingerprint density at radius 1 is 1.03 bits per heavy atom. The van der Waals surface area contributed by atoms with Gasteiger partial charge in [-0.1, -0.05) is 12.1 Å². The molecule has 2 aliphatic rings. The van der Waals surface area contributed by atoms with Gasteiger partial charge in [0.15, 0.2) is 0 Å². The van der Waals surface area contributed by atoms with E-state index in [4.69, 9.17) is 0 Å². The molecule has 2 aromatic heterocycles. The summed E-state index contributed by atoms with van der Waals surface area (Å²) in [4.78, 5) is 25.4. The van der Waals surface area contributed by atoms with E-state index in [2.05, 4.69) is 25.6 Å². The highest BCUT2D eigenvalue weighted by Gasteiger charge is 2.33. The van der Waals surface area contributed by atoms with E-state index in [0.29, 0.717) is 17.6 Å². The van der Waals surface area contributed by atoms with Crippen LogP contribution in [0.25, 0.3) is 10.4 Å². The van der Waals surface area contributed by atoms with Crippen molar-refractivity contribution in [3.8, 4) is 10.4 Å². The van der Waals surface area contributed by atoms with E-state index in [1.54, 1.807) is 17.4 Å². The van der Waals surface area contributed by atoms with Crippen LogP contribution >= 0.6 is 11.3 Å². The maximum atomic E-state index is 12.9. The van der Waals surface area contributed by atoms with Crippen LogP contribution in [0, 0.1) is 5.92 Å². The van der Waals surface area contributed by atoms with Gasteiger partial charge in [0, 0.05) is 36.0 Å². The largest absolute Gasteiger partial charge is 0.433 e. The number of nitrogens with zero attached hydrogens (tertiary/aromatic N) is 3. The number of hydrogen-bond donors (Lipinski definition) is 2. The number of carbonyl (C=O) groups is 1. The maximum Gasteiger partial charge on any atom is 0.433 e. The number of carbonyl (C=O) groups excluding carboxylic acids is 1. The molecular formula is C24H24F3N5OS. The van der Waals surface area contributed by atoms with Crippen molar-refractivity contribution in [1.29, 1.82) is 0 Å². The highest BCUT2D eigenvalue weighted by atomic mass is 32.1. The van der Waals surface area contributed by atoms with Crippen molar-refractivity contribution in [2.75, 3.05) is 5.32 Å². The molecule has 0 unspecified atom stereocenters. The number of anilines is 2. The lowest BCUT2D eigenvalue weighted by atomic mass is 9.82. The normalized spacial score (nSPS) is 20.7. The lowest BCUT2D eigenvalue weighted by Crippen LogP contribution is -2.34. The average Bonchev–Trinajstić information content (AvgIpc) is 3.50. The van der Waals surface area contributed by atoms with E-state index in [9.17, 15) is 18.0 Å². The van der Waals surface area contributed by atoms with Crippen molar-refractivity contribution < 1.29 is 18.0 Å². The zero-order valence-corrected chi connectivity index (χ0v) is 19.1. The van der Waals surface area contributed by atoms with Gasteiger partial charge >= 0.3 is 6.18 Å². The molecule has 0 spiro atoms. The summed E-state index contributed by atoms with van der Waals surface area (Å²) in [6.45, 7) is 0. The fourth-order valence-corrected chi connectivity index (χ4v) is 5.30. The number of amides is 1. The molecule has 1 aromatic carbocycles. The van der Waals surface area contributed by atoms with Crippen LogP contribution in [-0.4, -0.2) is 26.9 Å². The highest BCUT2D eigenvalue weighted by Crippen LogP contribution is 2.40. The first-order valence-electron chi connectivity index (χ1n) is 11.4. The zero-order valence-electron chi connectivity index (χ0n) is 18.3. The molecule has 0 saturated heterocycles. The number of hydrogen-bond acceptors (Lipinski definition) is 6. The van der Waals surface area contributed by atoms with E-state index in [-0.39, 0.29) is 17.8 Å². The summed E-state index contributed by atoms with van der Waals surface area (Å²) in [6, 6.07) is 8.61. The van der Waals surface area contributed by atoms with E-state index in [0.717, 1.165) is 66.2 Å². The fraction of sp³-hybridized carbons (Fsp3) is 0.417. The molecule has 3 aromatic rings. The molecule has 10 heteroatoms. The van der Waals surface area contributed by atoms with Crippen LogP contribution < -0.4 is 10.6 Å². The number of alkyl halides is 3. The van der Waals surface area contributed by atoms with Crippen LogP contribution in [0.4, 0.5) is 24.8 Å². The molecule has 178 valence electrons. The number of thiazole rings is 1. The molecule has 2 fully saturated rings. The van der Waals surface area contributed by atoms with Gasteiger partial charge < -0.3 is 10.6 Å². The molecular weight excluding hydrogens is 463 g/mol. The number of halogens is 3. The molecule has 0 aliphatic heterocycles. The van der Waals surface area contributed by atoms with Crippen LogP contribution in [0.1, 0.15) is 55.1 Å². The molecule has 2 heterocycles. The fourth-order valence-electron chi connectivity index (χ4n) is 4.22. The Morgan fingerprint density at radius 3 is 2.56 bits per heavy atom. The molecule has 0 bridgehead atoms. The quantitative estimate of drug-likeness (QED) is 0.452. The molecule has 2 aliphatic carbocycles. The van der Waals surface area contributed by atoms with Crippen LogP contribution in [0.2, 0.25) is 0 Å². The Morgan fingerprint density at radius 2 is 1.82 bits per heavy atom. The molecule has 5 rings (SSSR count). The molecule has 1 amide bonds. The summed E-state index contributed by atoms with van der Waals surface area (Å²) in [5.74, 6) is 0.551. The Balaban J connectivity index is 1.23. The molecule has 0 atom stereocenters. The summed E-state index contributed by atoms with van der Waals surface area (Å²) in [6.07, 6.45) is 4.27. The van der Waals surface area contributed by atoms with Crippen molar-refractivity contribution in [3.05, 3.63) is 53.4 Å². The summed E-state index contributed by atoms with van der Waals surface area (Å²) in [5, 5.41) is 7.03. The predicted molar refractivity (Wildman–Crippen MR) is 124 cm³/mol. The summed E-state index contributed by atoms with van der Waals surface area (Å²) in [5.41, 5.74) is 0.514. The standard InChI is InChI=1S/C24H24F3N5OS/c25-24(26,27)20-10-11-28-23(32-20)31-18-3-1-2-16(12-18)19-13-29-22(34-19)15-6-4-14(5-7-15)21(33)30-17-8-9-17/h1-3,10-15,17H,4-9H2,(H,30,33)(H,28,31,32). The Bertz CT molecular complexity index is 1170. The van der Waals surface area contributed by atoms with E-state index >= 15 is 0 Å². The van der Waals surface area contributed by atoms with Gasteiger partial charge in [0.25, 0.3) is 0 Å². The highest BCUT2D eigenvalue weighted by molar-refractivity contribution is 7.15. The van der Waals surface area contributed by atoms with Gasteiger partial charge in [0.1, 0.15) is 5.69 Å². The topological polar surface area (TPSA) is 79.8 Å². The van der Waals surface area contributed by atoms with E-state index in [1.807, 2.05) is 24.4 Å². The Hall–Kier alpha value is -3.01. The summed E-state index contributed by atoms with van der Waals surface area (Å²) >= 11 is 1.62. The van der Waals surface area contributed by atoms with E-state index < -0.39 is 11.9 Å². The zero-order chi connectivity index (χ0) is 23.7. The first-order chi connectivity index (χ1) is 16.3. The Kier molecular flexibility index (Phi) is 6.24. The van der Waals surface area contributed by atoms with Crippen LogP contribution in [0.15, 0.2) is 42.7 Å². The van der Waals surface area contributed by atoms with Gasteiger partial charge in [-0.3, -0.25) is 4.79 Å². The van der Waals surface area contributed by atoms with Gasteiger partial charge in [0.2, 0.25) is 11.9 Å². The smallest absolute Gasteiger partial charge is 0.353 e. The number of nitrogens with one attached hydrogen (secondary N) is 2. The van der Waals surface area contributed by atoms with Crippen molar-refractivity contribution in [2.45, 2.75) is 56.7 Å². The second-order valence-electron chi connectivity index (χ2n) is 8.86. The third-order valence-electron chi connectivity index (χ3n) is 6.24. The monoisotopic (exact) mass is 487 g/mol. The number of aromatic nitrogens is 3. The van der Waals surface area contributed by atoms with Gasteiger partial charge in [-0.15, -0.1) is 11.3 Å². The first kappa shape index (κ1) is 22.8. The van der Waals surface area contributed by atoms with Gasteiger partial charge in [0.05, 0.1) is 9.88 Å². The minimum Gasteiger partial charge on any atom is -0.353 e. The SMILES string of the molecule is O=C(NC1CC1)C1CCC(c2ncc(-c3cccc(Nc4nccc(C(F)(F)F)n4)c3)s2)CC1. The van der Waals surface area contributed by atoms with Crippen LogP contribution in [0.5, 0.6) is 0 Å². The summed E-state index contributed by atoms with van der Waals surface area (Å²) < 4.78 is 38.8. The lowest BCUT2D eigenvalue weighted by Gasteiger charge is -2.26. The van der Waals surface area contributed by atoms with Crippen LogP contribution in [0.3, 0.4) is 0 Å². The van der Waals surface area contributed by atoms with Gasteiger partial charge in [-0.2, -0.15) is 13.2 Å². The molecule has 34 heavy (non-hydrogen) atoms. The minimum atomic E-state index is -4.53.